The van der Waals surface area contributed by atoms with E-state index in [-0.39, 0.29) is 13.2 Å². The zero-order chi connectivity index (χ0) is 17.8. The van der Waals surface area contributed by atoms with Crippen LogP contribution in [0.4, 0.5) is 4.79 Å². The molecule has 1 aliphatic rings. The number of amides is 1. The van der Waals surface area contributed by atoms with Gasteiger partial charge in [-0.05, 0) is 31.4 Å². The largest absolute Gasteiger partial charge is 0.458 e. The van der Waals surface area contributed by atoms with Gasteiger partial charge in [0.2, 0.25) is 0 Å². The van der Waals surface area contributed by atoms with Gasteiger partial charge in [-0.1, -0.05) is 18.2 Å². The maximum Gasteiger partial charge on any atom is 0.409 e. The predicted molar refractivity (Wildman–Crippen MR) is 90.4 cm³/mol. The van der Waals surface area contributed by atoms with Gasteiger partial charge in [-0.15, -0.1) is 0 Å². The Balaban J connectivity index is 1.70. The fraction of sp³-hybridized carbons (Fsp3) is 0.389. The fourth-order valence-electron chi connectivity index (χ4n) is 3.02. The Hall–Kier alpha value is -2.83. The SMILES string of the molecule is COC(=O)N(C)CC(=O)OCc1nn(-c2ccccc2)c2c1CCC2. The zero-order valence-corrected chi connectivity index (χ0v) is 14.4. The van der Waals surface area contributed by atoms with Crippen LogP contribution in [0.25, 0.3) is 5.69 Å². The fourth-order valence-corrected chi connectivity index (χ4v) is 3.02. The minimum absolute atomic E-state index is 0.107. The van der Waals surface area contributed by atoms with Gasteiger partial charge in [0, 0.05) is 18.3 Å². The number of fused-ring (bicyclic) bond motifs is 1. The lowest BCUT2D eigenvalue weighted by Crippen LogP contribution is -2.32. The minimum Gasteiger partial charge on any atom is -0.458 e. The summed E-state index contributed by atoms with van der Waals surface area (Å²) in [6.45, 7) is -0.0513. The quantitative estimate of drug-likeness (QED) is 0.777. The van der Waals surface area contributed by atoms with Crippen molar-refractivity contribution < 1.29 is 19.1 Å². The number of esters is 1. The molecule has 0 bridgehead atoms. The summed E-state index contributed by atoms with van der Waals surface area (Å²) < 4.78 is 11.8. The average molecular weight is 343 g/mol. The molecule has 7 heteroatoms. The van der Waals surface area contributed by atoms with Gasteiger partial charge in [0.25, 0.3) is 0 Å². The summed E-state index contributed by atoms with van der Waals surface area (Å²) in [5.74, 6) is -0.492. The van der Waals surface area contributed by atoms with Gasteiger partial charge < -0.3 is 14.4 Å². The van der Waals surface area contributed by atoms with Crippen molar-refractivity contribution in [3.05, 3.63) is 47.3 Å². The van der Waals surface area contributed by atoms with Crippen LogP contribution in [0.1, 0.15) is 23.4 Å². The first-order chi connectivity index (χ1) is 12.1. The van der Waals surface area contributed by atoms with Gasteiger partial charge in [-0.3, -0.25) is 4.79 Å². The molecule has 7 nitrogen and oxygen atoms in total. The number of aromatic nitrogens is 2. The van der Waals surface area contributed by atoms with Crippen LogP contribution < -0.4 is 0 Å². The Kier molecular flexibility index (Phi) is 5.02. The van der Waals surface area contributed by atoms with Crippen LogP contribution in [-0.4, -0.2) is 47.4 Å². The molecule has 0 aliphatic heterocycles. The minimum atomic E-state index is -0.578. The lowest BCUT2D eigenvalue weighted by Gasteiger charge is -2.14. The van der Waals surface area contributed by atoms with E-state index in [1.165, 1.54) is 19.9 Å². The van der Waals surface area contributed by atoms with E-state index < -0.39 is 12.1 Å². The van der Waals surface area contributed by atoms with Crippen LogP contribution in [0.15, 0.2) is 30.3 Å². The Labute approximate surface area is 146 Å². The standard InChI is InChI=1S/C18H21N3O4/c1-20(18(23)24-2)11-17(22)25-12-15-14-9-6-10-16(14)21(19-15)13-7-4-3-5-8-13/h3-5,7-8H,6,9-12H2,1-2H3. The lowest BCUT2D eigenvalue weighted by atomic mass is 10.2. The average Bonchev–Trinajstić information content (AvgIpc) is 3.22. The summed E-state index contributed by atoms with van der Waals surface area (Å²) in [4.78, 5) is 24.4. The topological polar surface area (TPSA) is 73.7 Å². The smallest absolute Gasteiger partial charge is 0.409 e. The van der Waals surface area contributed by atoms with Crippen LogP contribution in [0.3, 0.4) is 0 Å². The summed E-state index contributed by atoms with van der Waals surface area (Å²) in [6.07, 6.45) is 2.41. The van der Waals surface area contributed by atoms with E-state index in [9.17, 15) is 9.59 Å². The van der Waals surface area contributed by atoms with E-state index in [2.05, 4.69) is 9.84 Å². The number of para-hydroxylation sites is 1. The van der Waals surface area contributed by atoms with E-state index in [1.807, 2.05) is 35.0 Å². The first kappa shape index (κ1) is 17.0. The maximum absolute atomic E-state index is 11.9. The number of hydrogen-bond acceptors (Lipinski definition) is 5. The van der Waals surface area contributed by atoms with E-state index in [1.54, 1.807) is 0 Å². The van der Waals surface area contributed by atoms with Crippen LogP contribution in [0, 0.1) is 0 Å². The number of benzene rings is 1. The molecule has 1 aromatic heterocycles. The number of nitrogens with zero attached hydrogens (tertiary/aromatic N) is 3. The van der Waals surface area contributed by atoms with Crippen molar-refractivity contribution in [3.8, 4) is 5.69 Å². The molecule has 0 unspecified atom stereocenters. The number of rotatable bonds is 5. The molecule has 0 atom stereocenters. The predicted octanol–water partition coefficient (Wildman–Crippen LogP) is 2.10. The van der Waals surface area contributed by atoms with Crippen LogP contribution >= 0.6 is 0 Å². The molecule has 1 heterocycles. The van der Waals surface area contributed by atoms with E-state index in [0.717, 1.165) is 41.1 Å². The molecule has 0 N–H and O–H groups in total. The second-order valence-corrected chi connectivity index (χ2v) is 5.96. The highest BCUT2D eigenvalue weighted by Gasteiger charge is 2.24. The summed E-state index contributed by atoms with van der Waals surface area (Å²) in [6, 6.07) is 9.93. The van der Waals surface area contributed by atoms with Crippen molar-refractivity contribution in [2.45, 2.75) is 25.9 Å². The molecule has 0 spiro atoms. The number of ether oxygens (including phenoxy) is 2. The molecule has 2 aromatic rings. The molecule has 0 saturated carbocycles. The highest BCUT2D eigenvalue weighted by molar-refractivity contribution is 5.77. The third-order valence-electron chi connectivity index (χ3n) is 4.24. The molecule has 0 fully saturated rings. The normalized spacial score (nSPS) is 12.6. The van der Waals surface area contributed by atoms with Gasteiger partial charge in [-0.25, -0.2) is 9.48 Å². The van der Waals surface area contributed by atoms with E-state index in [0.29, 0.717) is 0 Å². The highest BCUT2D eigenvalue weighted by Crippen LogP contribution is 2.28. The van der Waals surface area contributed by atoms with Crippen molar-refractivity contribution in [1.29, 1.82) is 0 Å². The maximum atomic E-state index is 11.9. The van der Waals surface area contributed by atoms with Crippen LogP contribution in [-0.2, 0) is 33.7 Å². The zero-order valence-electron chi connectivity index (χ0n) is 14.4. The van der Waals surface area contributed by atoms with Crippen molar-refractivity contribution in [1.82, 2.24) is 14.7 Å². The third-order valence-corrected chi connectivity index (χ3v) is 4.24. The molecule has 1 aromatic carbocycles. The monoisotopic (exact) mass is 343 g/mol. The van der Waals surface area contributed by atoms with Crippen molar-refractivity contribution in [2.24, 2.45) is 0 Å². The van der Waals surface area contributed by atoms with Crippen LogP contribution in [0.2, 0.25) is 0 Å². The number of hydrogen-bond donors (Lipinski definition) is 0. The summed E-state index contributed by atoms with van der Waals surface area (Å²) in [5, 5.41) is 4.64. The summed E-state index contributed by atoms with van der Waals surface area (Å²) in [7, 11) is 2.75. The van der Waals surface area contributed by atoms with Crippen LogP contribution in [0.5, 0.6) is 0 Å². The number of methoxy groups -OCH3 is 1. The molecule has 1 aliphatic carbocycles. The lowest BCUT2D eigenvalue weighted by molar-refractivity contribution is -0.145. The second-order valence-electron chi connectivity index (χ2n) is 5.96. The summed E-state index contributed by atoms with van der Waals surface area (Å²) >= 11 is 0. The summed E-state index contributed by atoms with van der Waals surface area (Å²) in [5.41, 5.74) is 4.14. The van der Waals surface area contributed by atoms with Crippen molar-refractivity contribution in [2.75, 3.05) is 20.7 Å². The molecule has 0 saturated heterocycles. The van der Waals surface area contributed by atoms with Gasteiger partial charge >= 0.3 is 12.1 Å². The molecular weight excluding hydrogens is 322 g/mol. The first-order valence-electron chi connectivity index (χ1n) is 8.20. The highest BCUT2D eigenvalue weighted by atomic mass is 16.5. The Morgan fingerprint density at radius 2 is 2.00 bits per heavy atom. The number of likely N-dealkylation sites (N-methyl/N-ethyl adjacent to an activating group) is 1. The van der Waals surface area contributed by atoms with Gasteiger partial charge in [0.15, 0.2) is 0 Å². The molecule has 1 amide bonds. The van der Waals surface area contributed by atoms with Crippen molar-refractivity contribution in [3.63, 3.8) is 0 Å². The first-order valence-corrected chi connectivity index (χ1v) is 8.20. The molecule has 0 radical (unpaired) electrons. The number of carbonyl (C=O) groups excluding carboxylic acids is 2. The molecule has 132 valence electrons. The Morgan fingerprint density at radius 1 is 1.24 bits per heavy atom. The van der Waals surface area contributed by atoms with Crippen molar-refractivity contribution >= 4 is 12.1 Å². The molecule has 3 rings (SSSR count). The Bertz CT molecular complexity index is 770. The number of carbonyl (C=O) groups is 2. The second kappa shape index (κ2) is 7.38. The third kappa shape index (κ3) is 3.65. The molecule has 25 heavy (non-hydrogen) atoms. The van der Waals surface area contributed by atoms with Gasteiger partial charge in [-0.2, -0.15) is 5.10 Å². The van der Waals surface area contributed by atoms with E-state index >= 15 is 0 Å². The van der Waals surface area contributed by atoms with E-state index in [4.69, 9.17) is 4.74 Å². The van der Waals surface area contributed by atoms with Gasteiger partial charge in [0.1, 0.15) is 18.8 Å². The van der Waals surface area contributed by atoms with Gasteiger partial charge in [0.05, 0.1) is 12.8 Å². The Morgan fingerprint density at radius 3 is 2.72 bits per heavy atom. The molecular formula is C18H21N3O4.